The molecule has 0 saturated carbocycles. The Morgan fingerprint density at radius 1 is 1.00 bits per heavy atom. The van der Waals surface area contributed by atoms with Crippen LogP contribution in [0.5, 0.6) is 17.4 Å². The highest BCUT2D eigenvalue weighted by atomic mass is 16.5. The maximum atomic E-state index is 5.81. The highest BCUT2D eigenvalue weighted by Crippen LogP contribution is 2.31. The van der Waals surface area contributed by atoms with Crippen molar-refractivity contribution >= 4 is 17.0 Å². The quantitative estimate of drug-likeness (QED) is 0.591. The lowest BCUT2D eigenvalue weighted by atomic mass is 9.99. The van der Waals surface area contributed by atoms with E-state index in [0.717, 1.165) is 33.6 Å². The Labute approximate surface area is 163 Å². The standard InChI is InChI=1S/C20H24N4O4/c1-12-14(9-13-10-15(26-3)5-6-16(13)27-4)11-22-18-17(12)19(24-20(21)23-18)28-8-7-25-2/h5-6,10-11H,7-9H2,1-4H3,(H2,21,22,23,24). The Kier molecular flexibility index (Phi) is 6.10. The summed E-state index contributed by atoms with van der Waals surface area (Å²) in [6.45, 7) is 2.79. The van der Waals surface area contributed by atoms with Crippen LogP contribution < -0.4 is 19.9 Å². The predicted molar refractivity (Wildman–Crippen MR) is 106 cm³/mol. The van der Waals surface area contributed by atoms with Gasteiger partial charge in [-0.2, -0.15) is 9.97 Å². The number of nitrogens with zero attached hydrogens (tertiary/aromatic N) is 3. The molecular formula is C20H24N4O4. The first-order valence-corrected chi connectivity index (χ1v) is 8.81. The molecule has 0 unspecified atom stereocenters. The third kappa shape index (κ3) is 4.07. The number of hydrogen-bond donors (Lipinski definition) is 1. The molecule has 2 aromatic heterocycles. The van der Waals surface area contributed by atoms with E-state index in [1.165, 1.54) is 0 Å². The molecule has 0 aliphatic rings. The van der Waals surface area contributed by atoms with Gasteiger partial charge in [-0.25, -0.2) is 4.98 Å². The van der Waals surface area contributed by atoms with Crippen molar-refractivity contribution < 1.29 is 18.9 Å². The minimum atomic E-state index is 0.119. The fourth-order valence-electron chi connectivity index (χ4n) is 2.99. The van der Waals surface area contributed by atoms with Crippen LogP contribution in [0.3, 0.4) is 0 Å². The molecule has 0 aliphatic carbocycles. The molecule has 148 valence electrons. The van der Waals surface area contributed by atoms with Gasteiger partial charge in [-0.3, -0.25) is 0 Å². The third-order valence-electron chi connectivity index (χ3n) is 4.47. The molecule has 0 amide bonds. The molecule has 1 aromatic carbocycles. The normalized spacial score (nSPS) is 10.9. The van der Waals surface area contributed by atoms with Gasteiger partial charge in [0.05, 0.1) is 26.2 Å². The van der Waals surface area contributed by atoms with Gasteiger partial charge in [0.15, 0.2) is 5.65 Å². The van der Waals surface area contributed by atoms with E-state index in [2.05, 4.69) is 15.0 Å². The number of hydrogen-bond acceptors (Lipinski definition) is 8. The van der Waals surface area contributed by atoms with E-state index in [0.29, 0.717) is 31.2 Å². The number of pyridine rings is 1. The van der Waals surface area contributed by atoms with Crippen LogP contribution in [0.4, 0.5) is 5.95 Å². The second kappa shape index (κ2) is 8.71. The van der Waals surface area contributed by atoms with E-state index in [4.69, 9.17) is 24.7 Å². The molecule has 2 N–H and O–H groups in total. The first kappa shape index (κ1) is 19.6. The molecule has 2 heterocycles. The Morgan fingerprint density at radius 3 is 2.54 bits per heavy atom. The van der Waals surface area contributed by atoms with Crippen molar-refractivity contribution in [1.82, 2.24) is 15.0 Å². The molecule has 0 saturated heterocycles. The van der Waals surface area contributed by atoms with Crippen molar-refractivity contribution in [1.29, 1.82) is 0 Å². The molecule has 8 nitrogen and oxygen atoms in total. The van der Waals surface area contributed by atoms with Crippen LogP contribution in [0.15, 0.2) is 24.4 Å². The van der Waals surface area contributed by atoms with Gasteiger partial charge in [0.25, 0.3) is 0 Å². The second-order valence-corrected chi connectivity index (χ2v) is 6.19. The lowest BCUT2D eigenvalue weighted by molar-refractivity contribution is 0.144. The average Bonchev–Trinajstić information content (AvgIpc) is 2.69. The molecule has 0 radical (unpaired) electrons. The fraction of sp³-hybridized carbons (Fsp3) is 0.350. The Balaban J connectivity index is 2.04. The van der Waals surface area contributed by atoms with E-state index >= 15 is 0 Å². The van der Waals surface area contributed by atoms with Crippen LogP contribution in [-0.2, 0) is 11.2 Å². The highest BCUT2D eigenvalue weighted by molar-refractivity contribution is 5.85. The Hall–Kier alpha value is -3.13. The van der Waals surface area contributed by atoms with E-state index < -0.39 is 0 Å². The minimum absolute atomic E-state index is 0.119. The smallest absolute Gasteiger partial charge is 0.228 e. The number of anilines is 1. The summed E-state index contributed by atoms with van der Waals surface area (Å²) >= 11 is 0. The number of nitrogens with two attached hydrogens (primary N) is 1. The largest absolute Gasteiger partial charge is 0.497 e. The number of aromatic nitrogens is 3. The zero-order valence-electron chi connectivity index (χ0n) is 16.5. The topological polar surface area (TPSA) is 102 Å². The summed E-state index contributed by atoms with van der Waals surface area (Å²) in [5.74, 6) is 2.07. The zero-order valence-corrected chi connectivity index (χ0v) is 16.5. The summed E-state index contributed by atoms with van der Waals surface area (Å²) in [6, 6.07) is 5.71. The Bertz CT molecular complexity index is 978. The maximum Gasteiger partial charge on any atom is 0.228 e. The van der Waals surface area contributed by atoms with Gasteiger partial charge < -0.3 is 24.7 Å². The molecule has 0 fully saturated rings. The van der Waals surface area contributed by atoms with Crippen LogP contribution in [-0.4, -0.2) is 49.5 Å². The van der Waals surface area contributed by atoms with Crippen molar-refractivity contribution in [3.63, 3.8) is 0 Å². The van der Waals surface area contributed by atoms with Crippen molar-refractivity contribution in [2.75, 3.05) is 40.3 Å². The minimum Gasteiger partial charge on any atom is -0.497 e. The van der Waals surface area contributed by atoms with Crippen molar-refractivity contribution in [2.45, 2.75) is 13.3 Å². The lowest BCUT2D eigenvalue weighted by Crippen LogP contribution is -2.09. The number of aryl methyl sites for hydroxylation is 1. The third-order valence-corrected chi connectivity index (χ3v) is 4.47. The van der Waals surface area contributed by atoms with Crippen molar-refractivity contribution in [3.8, 4) is 17.4 Å². The van der Waals surface area contributed by atoms with Gasteiger partial charge in [0, 0.05) is 25.3 Å². The van der Waals surface area contributed by atoms with Gasteiger partial charge >= 0.3 is 0 Å². The highest BCUT2D eigenvalue weighted by Gasteiger charge is 2.16. The van der Waals surface area contributed by atoms with Gasteiger partial charge in [0.2, 0.25) is 11.8 Å². The molecule has 0 spiro atoms. The van der Waals surface area contributed by atoms with Crippen molar-refractivity contribution in [2.24, 2.45) is 0 Å². The molecule has 0 aliphatic heterocycles. The van der Waals surface area contributed by atoms with Crippen LogP contribution >= 0.6 is 0 Å². The summed E-state index contributed by atoms with van der Waals surface area (Å²) in [7, 11) is 4.90. The second-order valence-electron chi connectivity index (χ2n) is 6.19. The Morgan fingerprint density at radius 2 is 1.82 bits per heavy atom. The van der Waals surface area contributed by atoms with Crippen LogP contribution in [0, 0.1) is 6.92 Å². The molecule has 8 heteroatoms. The van der Waals surface area contributed by atoms with Crippen LogP contribution in [0.1, 0.15) is 16.7 Å². The van der Waals surface area contributed by atoms with Gasteiger partial charge in [0.1, 0.15) is 18.1 Å². The number of fused-ring (bicyclic) bond motifs is 1. The van der Waals surface area contributed by atoms with Gasteiger partial charge in [-0.05, 0) is 36.2 Å². The van der Waals surface area contributed by atoms with E-state index in [1.54, 1.807) is 27.5 Å². The molecule has 3 rings (SSSR count). The predicted octanol–water partition coefficient (Wildman–Crippen LogP) is 2.55. The summed E-state index contributed by atoms with van der Waals surface area (Å²) in [4.78, 5) is 13.0. The molecule has 28 heavy (non-hydrogen) atoms. The summed E-state index contributed by atoms with van der Waals surface area (Å²) in [6.07, 6.45) is 2.40. The fourth-order valence-corrected chi connectivity index (χ4v) is 2.99. The van der Waals surface area contributed by atoms with Crippen LogP contribution in [0.2, 0.25) is 0 Å². The average molecular weight is 384 g/mol. The van der Waals surface area contributed by atoms with E-state index in [-0.39, 0.29) is 5.95 Å². The number of rotatable bonds is 8. The zero-order chi connectivity index (χ0) is 20.1. The first-order chi connectivity index (χ1) is 13.6. The monoisotopic (exact) mass is 384 g/mol. The maximum absolute atomic E-state index is 5.81. The first-order valence-electron chi connectivity index (χ1n) is 8.81. The summed E-state index contributed by atoms with van der Waals surface area (Å²) in [5, 5.41) is 0.740. The number of ether oxygens (including phenoxy) is 4. The van der Waals surface area contributed by atoms with E-state index in [1.807, 2.05) is 25.1 Å². The SMILES string of the molecule is COCCOc1nc(N)nc2ncc(Cc3cc(OC)ccc3OC)c(C)c12. The summed E-state index contributed by atoms with van der Waals surface area (Å²) < 4.78 is 21.6. The number of nitrogen functional groups attached to an aromatic ring is 1. The molecular weight excluding hydrogens is 360 g/mol. The van der Waals surface area contributed by atoms with E-state index in [9.17, 15) is 0 Å². The number of benzene rings is 1. The lowest BCUT2D eigenvalue weighted by Gasteiger charge is -2.14. The summed E-state index contributed by atoms with van der Waals surface area (Å²) in [5.41, 5.74) is 9.27. The molecule has 3 aromatic rings. The van der Waals surface area contributed by atoms with Crippen molar-refractivity contribution in [3.05, 3.63) is 41.1 Å². The van der Waals surface area contributed by atoms with Gasteiger partial charge in [-0.1, -0.05) is 0 Å². The van der Waals surface area contributed by atoms with Gasteiger partial charge in [-0.15, -0.1) is 0 Å². The molecule has 0 atom stereocenters. The molecule has 0 bridgehead atoms. The number of methoxy groups -OCH3 is 3. The van der Waals surface area contributed by atoms with Crippen LogP contribution in [0.25, 0.3) is 11.0 Å².